The van der Waals surface area contributed by atoms with Crippen molar-refractivity contribution in [1.29, 1.82) is 0 Å². The number of rotatable bonds is 5. The summed E-state index contributed by atoms with van der Waals surface area (Å²) in [4.78, 5) is 11.0. The second kappa shape index (κ2) is 8.80. The molecule has 1 aromatic heterocycles. The summed E-state index contributed by atoms with van der Waals surface area (Å²) >= 11 is 0. The molecule has 7 nitrogen and oxygen atoms in total. The van der Waals surface area contributed by atoms with Crippen molar-refractivity contribution in [2.75, 3.05) is 20.1 Å². The van der Waals surface area contributed by atoms with Gasteiger partial charge in [0.25, 0.3) is 0 Å². The van der Waals surface area contributed by atoms with Crippen molar-refractivity contribution in [1.82, 2.24) is 25.7 Å². The van der Waals surface area contributed by atoms with Crippen LogP contribution in [0.3, 0.4) is 0 Å². The van der Waals surface area contributed by atoms with Gasteiger partial charge < -0.3 is 15.2 Å². The second-order valence-electron chi connectivity index (χ2n) is 6.84. The Kier molecular flexibility index (Phi) is 6.22. The van der Waals surface area contributed by atoms with E-state index in [1.807, 2.05) is 0 Å². The zero-order chi connectivity index (χ0) is 18.4. The van der Waals surface area contributed by atoms with Crippen LogP contribution >= 0.6 is 0 Å². The molecule has 26 heavy (non-hydrogen) atoms. The van der Waals surface area contributed by atoms with E-state index in [4.69, 9.17) is 4.52 Å². The lowest BCUT2D eigenvalue weighted by molar-refractivity contribution is 0.198. The monoisotopic (exact) mass is 356 g/mol. The highest BCUT2D eigenvalue weighted by Crippen LogP contribution is 2.14. The molecule has 140 valence electrons. The van der Waals surface area contributed by atoms with E-state index in [0.29, 0.717) is 24.3 Å². The predicted molar refractivity (Wildman–Crippen MR) is 102 cm³/mol. The van der Waals surface area contributed by atoms with Gasteiger partial charge in [0.2, 0.25) is 5.89 Å². The number of hydrogen-bond acceptors (Lipinski definition) is 5. The fourth-order valence-electron chi connectivity index (χ4n) is 3.27. The number of nitrogens with zero attached hydrogens (tertiary/aromatic N) is 4. The number of piperidine rings is 1. The molecule has 1 aromatic carbocycles. The average Bonchev–Trinajstić information content (AvgIpc) is 3.05. The molecular formula is C19H28N6O. The van der Waals surface area contributed by atoms with E-state index in [0.717, 1.165) is 38.4 Å². The number of nitrogens with one attached hydrogen (secondary N) is 2. The van der Waals surface area contributed by atoms with Crippen LogP contribution in [0.1, 0.15) is 35.7 Å². The molecule has 2 aromatic rings. The molecule has 1 fully saturated rings. The minimum Gasteiger partial charge on any atom is -0.354 e. The van der Waals surface area contributed by atoms with Crippen molar-refractivity contribution in [3.05, 3.63) is 47.1 Å². The first-order valence-electron chi connectivity index (χ1n) is 9.16. The van der Waals surface area contributed by atoms with E-state index in [1.54, 1.807) is 14.0 Å². The topological polar surface area (TPSA) is 78.6 Å². The van der Waals surface area contributed by atoms with Crippen molar-refractivity contribution in [3.8, 4) is 0 Å². The maximum Gasteiger partial charge on any atom is 0.223 e. The number of hydrogen-bond donors (Lipinski definition) is 2. The zero-order valence-corrected chi connectivity index (χ0v) is 15.8. The first-order chi connectivity index (χ1) is 12.6. The summed E-state index contributed by atoms with van der Waals surface area (Å²) in [5.41, 5.74) is 2.72. The van der Waals surface area contributed by atoms with Crippen molar-refractivity contribution >= 4 is 5.96 Å². The minimum absolute atomic E-state index is 0.432. The quantitative estimate of drug-likeness (QED) is 0.630. The van der Waals surface area contributed by atoms with Gasteiger partial charge in [-0.15, -0.1) is 0 Å². The van der Waals surface area contributed by atoms with E-state index in [1.165, 1.54) is 11.1 Å². The van der Waals surface area contributed by atoms with Crippen molar-refractivity contribution in [2.24, 2.45) is 4.99 Å². The van der Waals surface area contributed by atoms with Crippen LogP contribution < -0.4 is 10.6 Å². The summed E-state index contributed by atoms with van der Waals surface area (Å²) < 4.78 is 4.98. The lowest BCUT2D eigenvalue weighted by atomic mass is 10.0. The Balaban J connectivity index is 1.42. The first kappa shape index (κ1) is 18.4. The highest BCUT2D eigenvalue weighted by atomic mass is 16.5. The van der Waals surface area contributed by atoms with Gasteiger partial charge in [-0.3, -0.25) is 9.89 Å². The predicted octanol–water partition coefficient (Wildman–Crippen LogP) is 2.02. The molecule has 2 N–H and O–H groups in total. The molecule has 2 heterocycles. The van der Waals surface area contributed by atoms with Crippen LogP contribution in [0, 0.1) is 13.8 Å². The third kappa shape index (κ3) is 5.29. The number of aryl methyl sites for hydroxylation is 2. The smallest absolute Gasteiger partial charge is 0.223 e. The molecule has 0 bridgehead atoms. The summed E-state index contributed by atoms with van der Waals surface area (Å²) in [6, 6.07) is 9.20. The Labute approximate surface area is 154 Å². The van der Waals surface area contributed by atoms with Crippen molar-refractivity contribution < 1.29 is 4.52 Å². The molecule has 0 saturated carbocycles. The molecule has 0 unspecified atom stereocenters. The molecule has 1 aliphatic rings. The first-order valence-corrected chi connectivity index (χ1v) is 9.16. The number of benzene rings is 1. The van der Waals surface area contributed by atoms with Crippen molar-refractivity contribution in [2.45, 2.75) is 45.8 Å². The molecule has 0 atom stereocenters. The van der Waals surface area contributed by atoms with Crippen LogP contribution in [-0.4, -0.2) is 47.2 Å². The van der Waals surface area contributed by atoms with E-state index in [9.17, 15) is 0 Å². The summed E-state index contributed by atoms with van der Waals surface area (Å²) in [5.74, 6) is 1.99. The Morgan fingerprint density at radius 1 is 1.31 bits per heavy atom. The van der Waals surface area contributed by atoms with Gasteiger partial charge in [0.1, 0.15) is 0 Å². The van der Waals surface area contributed by atoms with Gasteiger partial charge in [-0.25, -0.2) is 0 Å². The van der Waals surface area contributed by atoms with E-state index < -0.39 is 0 Å². The third-order valence-corrected chi connectivity index (χ3v) is 4.62. The molecule has 0 aliphatic carbocycles. The SMILES string of the molecule is CN=C(NCc1noc(C)n1)NC1CCN(Cc2cccc(C)c2)CC1. The van der Waals surface area contributed by atoms with Crippen molar-refractivity contribution in [3.63, 3.8) is 0 Å². The third-order valence-electron chi connectivity index (χ3n) is 4.62. The number of guanidine groups is 1. The van der Waals surface area contributed by atoms with Gasteiger partial charge in [-0.05, 0) is 25.3 Å². The van der Waals surface area contributed by atoms with Gasteiger partial charge in [0.05, 0.1) is 6.54 Å². The van der Waals surface area contributed by atoms with Gasteiger partial charge in [-0.2, -0.15) is 4.98 Å². The Bertz CT molecular complexity index is 733. The van der Waals surface area contributed by atoms with Gasteiger partial charge in [0, 0.05) is 39.6 Å². The van der Waals surface area contributed by atoms with Gasteiger partial charge in [0.15, 0.2) is 11.8 Å². The van der Waals surface area contributed by atoms with E-state index >= 15 is 0 Å². The van der Waals surface area contributed by atoms with Crippen LogP contribution in [0.25, 0.3) is 0 Å². The molecule has 1 saturated heterocycles. The maximum absolute atomic E-state index is 4.98. The largest absolute Gasteiger partial charge is 0.354 e. The summed E-state index contributed by atoms with van der Waals surface area (Å²) in [5, 5.41) is 10.6. The molecule has 0 radical (unpaired) electrons. The Hall–Kier alpha value is -2.41. The molecule has 0 spiro atoms. The molecule has 3 rings (SSSR count). The lowest BCUT2D eigenvalue weighted by Gasteiger charge is -2.33. The lowest BCUT2D eigenvalue weighted by Crippen LogP contribution is -2.48. The van der Waals surface area contributed by atoms with E-state index in [2.05, 4.69) is 61.9 Å². The molecule has 1 aliphatic heterocycles. The highest BCUT2D eigenvalue weighted by molar-refractivity contribution is 5.79. The Morgan fingerprint density at radius 2 is 2.12 bits per heavy atom. The fraction of sp³-hybridized carbons (Fsp3) is 0.526. The molecule has 7 heteroatoms. The van der Waals surface area contributed by atoms with Crippen LogP contribution in [0.15, 0.2) is 33.8 Å². The Morgan fingerprint density at radius 3 is 2.77 bits per heavy atom. The van der Waals surface area contributed by atoms with E-state index in [-0.39, 0.29) is 0 Å². The molecule has 0 amide bonds. The normalized spacial score (nSPS) is 16.7. The summed E-state index contributed by atoms with van der Waals surface area (Å²) in [6.45, 7) is 7.64. The fourth-order valence-corrected chi connectivity index (χ4v) is 3.27. The average molecular weight is 356 g/mol. The van der Waals surface area contributed by atoms with Crippen LogP contribution in [0.4, 0.5) is 0 Å². The summed E-state index contributed by atoms with van der Waals surface area (Å²) in [6.07, 6.45) is 2.21. The highest BCUT2D eigenvalue weighted by Gasteiger charge is 2.20. The van der Waals surface area contributed by atoms with Crippen LogP contribution in [0.2, 0.25) is 0 Å². The molecular weight excluding hydrogens is 328 g/mol. The number of aromatic nitrogens is 2. The van der Waals surface area contributed by atoms with Crippen LogP contribution in [0.5, 0.6) is 0 Å². The zero-order valence-electron chi connectivity index (χ0n) is 15.8. The van der Waals surface area contributed by atoms with Crippen LogP contribution in [-0.2, 0) is 13.1 Å². The maximum atomic E-state index is 4.98. The van der Waals surface area contributed by atoms with Gasteiger partial charge >= 0.3 is 0 Å². The van der Waals surface area contributed by atoms with Gasteiger partial charge in [-0.1, -0.05) is 35.0 Å². The second-order valence-corrected chi connectivity index (χ2v) is 6.84. The number of likely N-dealkylation sites (tertiary alicyclic amines) is 1. The standard InChI is InChI=1S/C19H28N6O/c1-14-5-4-6-16(11-14)13-25-9-7-17(8-10-25)23-19(20-3)21-12-18-22-15(2)26-24-18/h4-6,11,17H,7-10,12-13H2,1-3H3,(H2,20,21,23). The summed E-state index contributed by atoms with van der Waals surface area (Å²) in [7, 11) is 1.78. The minimum atomic E-state index is 0.432. The number of aliphatic imine (C=N–C) groups is 1.